The first-order valence-electron chi connectivity index (χ1n) is 6.37. The number of nitrogen functional groups attached to an aromatic ring is 1. The predicted octanol–water partition coefficient (Wildman–Crippen LogP) is 3.45. The number of aryl methyl sites for hydroxylation is 1. The molecule has 1 aromatic heterocycles. The second-order valence-corrected chi connectivity index (χ2v) is 5.65. The summed E-state index contributed by atoms with van der Waals surface area (Å²) in [5.41, 5.74) is 8.61. The number of benzene rings is 1. The lowest BCUT2D eigenvalue weighted by atomic mass is 10.0. The maximum Gasteiger partial charge on any atom is 0.254 e. The van der Waals surface area contributed by atoms with Crippen molar-refractivity contribution in [3.8, 4) is 11.1 Å². The van der Waals surface area contributed by atoms with Gasteiger partial charge in [-0.1, -0.05) is 37.3 Å². The summed E-state index contributed by atoms with van der Waals surface area (Å²) in [4.78, 5) is 13.3. The fourth-order valence-electron chi connectivity index (χ4n) is 2.07. The second-order valence-electron chi connectivity index (χ2n) is 4.39. The van der Waals surface area contributed by atoms with Gasteiger partial charge in [-0.05, 0) is 18.9 Å². The molecule has 1 amide bonds. The van der Waals surface area contributed by atoms with Crippen LogP contribution in [0.1, 0.15) is 28.6 Å². The zero-order valence-electron chi connectivity index (χ0n) is 11.2. The summed E-state index contributed by atoms with van der Waals surface area (Å²) >= 11 is 1.47. The monoisotopic (exact) mass is 274 g/mol. The van der Waals surface area contributed by atoms with E-state index in [2.05, 4.69) is 5.32 Å². The van der Waals surface area contributed by atoms with E-state index in [1.165, 1.54) is 11.3 Å². The number of amides is 1. The van der Waals surface area contributed by atoms with E-state index in [0.717, 1.165) is 22.4 Å². The molecule has 0 bridgehead atoms. The van der Waals surface area contributed by atoms with E-state index in [4.69, 9.17) is 5.73 Å². The maximum absolute atomic E-state index is 12.2. The summed E-state index contributed by atoms with van der Waals surface area (Å²) in [5, 5.41) is 3.49. The highest BCUT2D eigenvalue weighted by atomic mass is 32.1. The van der Waals surface area contributed by atoms with Gasteiger partial charge in [-0.15, -0.1) is 11.3 Å². The number of nitrogens with one attached hydrogen (secondary N) is 1. The smallest absolute Gasteiger partial charge is 0.254 e. The first kappa shape index (κ1) is 13.6. The summed E-state index contributed by atoms with van der Waals surface area (Å²) < 4.78 is 0. The van der Waals surface area contributed by atoms with Crippen LogP contribution >= 0.6 is 11.3 Å². The Morgan fingerprint density at radius 1 is 1.32 bits per heavy atom. The van der Waals surface area contributed by atoms with E-state index in [0.29, 0.717) is 17.1 Å². The Labute approximate surface area is 117 Å². The Balaban J connectivity index is 2.47. The molecule has 2 aromatic rings. The Morgan fingerprint density at radius 2 is 2.00 bits per heavy atom. The quantitative estimate of drug-likeness (QED) is 0.897. The fraction of sp³-hybridized carbons (Fsp3) is 0.267. The lowest BCUT2D eigenvalue weighted by Gasteiger charge is -2.07. The van der Waals surface area contributed by atoms with E-state index in [9.17, 15) is 4.79 Å². The summed E-state index contributed by atoms with van der Waals surface area (Å²) in [5.74, 6) is -0.0810. The van der Waals surface area contributed by atoms with Crippen LogP contribution in [0.25, 0.3) is 11.1 Å². The minimum Gasteiger partial charge on any atom is -0.390 e. The number of carbonyl (C=O) groups excluding carboxylic acids is 1. The third-order valence-electron chi connectivity index (χ3n) is 2.94. The van der Waals surface area contributed by atoms with Gasteiger partial charge < -0.3 is 11.1 Å². The number of anilines is 1. The molecule has 0 saturated heterocycles. The lowest BCUT2D eigenvalue weighted by Crippen LogP contribution is -2.24. The molecule has 0 unspecified atom stereocenters. The zero-order valence-corrected chi connectivity index (χ0v) is 12.0. The van der Waals surface area contributed by atoms with Gasteiger partial charge in [0.1, 0.15) is 0 Å². The molecule has 0 aliphatic rings. The van der Waals surface area contributed by atoms with Gasteiger partial charge in [-0.3, -0.25) is 4.79 Å². The van der Waals surface area contributed by atoms with E-state index in [-0.39, 0.29) is 5.91 Å². The molecule has 2 rings (SSSR count). The highest BCUT2D eigenvalue weighted by molar-refractivity contribution is 7.16. The molecule has 0 spiro atoms. The van der Waals surface area contributed by atoms with Crippen molar-refractivity contribution >= 4 is 22.2 Å². The summed E-state index contributed by atoms with van der Waals surface area (Å²) in [7, 11) is 0. The van der Waals surface area contributed by atoms with Crippen LogP contribution < -0.4 is 11.1 Å². The molecule has 0 radical (unpaired) electrons. The molecule has 3 nitrogen and oxygen atoms in total. The van der Waals surface area contributed by atoms with Gasteiger partial charge in [0.05, 0.1) is 10.6 Å². The number of rotatable bonds is 4. The summed E-state index contributed by atoms with van der Waals surface area (Å²) in [6.07, 6.45) is 0.912. The standard InChI is InChI=1S/C15H18N2OS/c1-3-9-17-15(18)13-12(10(2)19-14(13)16)11-7-5-4-6-8-11/h4-8H,3,9,16H2,1-2H3,(H,17,18). The molecular weight excluding hydrogens is 256 g/mol. The van der Waals surface area contributed by atoms with Crippen LogP contribution in [0.4, 0.5) is 5.00 Å². The summed E-state index contributed by atoms with van der Waals surface area (Å²) in [6, 6.07) is 9.91. The van der Waals surface area contributed by atoms with Gasteiger partial charge in [-0.25, -0.2) is 0 Å². The van der Waals surface area contributed by atoms with Crippen molar-refractivity contribution in [1.29, 1.82) is 0 Å². The highest BCUT2D eigenvalue weighted by Crippen LogP contribution is 2.37. The van der Waals surface area contributed by atoms with Crippen LogP contribution in [0, 0.1) is 6.92 Å². The third kappa shape index (κ3) is 2.79. The molecule has 0 aliphatic carbocycles. The maximum atomic E-state index is 12.2. The average Bonchev–Trinajstić information content (AvgIpc) is 2.71. The van der Waals surface area contributed by atoms with Crippen LogP contribution in [0.15, 0.2) is 30.3 Å². The lowest BCUT2D eigenvalue weighted by molar-refractivity contribution is 0.0955. The molecule has 1 heterocycles. The van der Waals surface area contributed by atoms with Crippen molar-refractivity contribution < 1.29 is 4.79 Å². The van der Waals surface area contributed by atoms with Crippen molar-refractivity contribution in [2.45, 2.75) is 20.3 Å². The van der Waals surface area contributed by atoms with Gasteiger partial charge in [-0.2, -0.15) is 0 Å². The molecule has 0 fully saturated rings. The SMILES string of the molecule is CCCNC(=O)c1c(N)sc(C)c1-c1ccccc1. The molecule has 19 heavy (non-hydrogen) atoms. The van der Waals surface area contributed by atoms with Crippen molar-refractivity contribution in [3.63, 3.8) is 0 Å². The topological polar surface area (TPSA) is 55.1 Å². The average molecular weight is 274 g/mol. The number of hydrogen-bond acceptors (Lipinski definition) is 3. The van der Waals surface area contributed by atoms with E-state index >= 15 is 0 Å². The van der Waals surface area contributed by atoms with Gasteiger partial charge in [0.15, 0.2) is 0 Å². The molecule has 0 aliphatic heterocycles. The Bertz CT molecular complexity index is 575. The largest absolute Gasteiger partial charge is 0.390 e. The van der Waals surface area contributed by atoms with Crippen molar-refractivity contribution in [2.24, 2.45) is 0 Å². The highest BCUT2D eigenvalue weighted by Gasteiger charge is 2.21. The molecule has 0 atom stereocenters. The molecule has 1 aromatic carbocycles. The number of thiophene rings is 1. The fourth-order valence-corrected chi connectivity index (χ4v) is 3.02. The van der Waals surface area contributed by atoms with Crippen molar-refractivity contribution in [3.05, 3.63) is 40.8 Å². The van der Waals surface area contributed by atoms with E-state index < -0.39 is 0 Å². The Kier molecular flexibility index (Phi) is 4.22. The zero-order chi connectivity index (χ0) is 13.8. The van der Waals surface area contributed by atoms with E-state index in [1.54, 1.807) is 0 Å². The first-order chi connectivity index (χ1) is 9.15. The second kappa shape index (κ2) is 5.89. The van der Waals surface area contributed by atoms with Gasteiger partial charge >= 0.3 is 0 Å². The number of nitrogens with two attached hydrogens (primary N) is 1. The molecule has 4 heteroatoms. The van der Waals surface area contributed by atoms with Gasteiger partial charge in [0.2, 0.25) is 0 Å². The van der Waals surface area contributed by atoms with Crippen LogP contribution in [0.2, 0.25) is 0 Å². The normalized spacial score (nSPS) is 10.4. The van der Waals surface area contributed by atoms with Crippen LogP contribution in [-0.2, 0) is 0 Å². The van der Waals surface area contributed by atoms with Gasteiger partial charge in [0.25, 0.3) is 5.91 Å². The summed E-state index contributed by atoms with van der Waals surface area (Å²) in [6.45, 7) is 4.70. The molecule has 0 saturated carbocycles. The number of hydrogen-bond donors (Lipinski definition) is 2. The molecule has 100 valence electrons. The van der Waals surface area contributed by atoms with Crippen LogP contribution in [0.3, 0.4) is 0 Å². The Morgan fingerprint density at radius 3 is 2.63 bits per heavy atom. The Hall–Kier alpha value is -1.81. The van der Waals surface area contributed by atoms with Crippen molar-refractivity contribution in [2.75, 3.05) is 12.3 Å². The predicted molar refractivity (Wildman–Crippen MR) is 81.5 cm³/mol. The molecular formula is C15H18N2OS. The van der Waals surface area contributed by atoms with Gasteiger partial charge in [0, 0.05) is 17.0 Å². The van der Waals surface area contributed by atoms with E-state index in [1.807, 2.05) is 44.2 Å². The van der Waals surface area contributed by atoms with Crippen LogP contribution in [0.5, 0.6) is 0 Å². The van der Waals surface area contributed by atoms with Crippen LogP contribution in [-0.4, -0.2) is 12.5 Å². The van der Waals surface area contributed by atoms with Crippen molar-refractivity contribution in [1.82, 2.24) is 5.32 Å². The molecule has 3 N–H and O–H groups in total. The minimum atomic E-state index is -0.0810. The third-order valence-corrected chi connectivity index (χ3v) is 3.87. The first-order valence-corrected chi connectivity index (χ1v) is 7.19. The number of carbonyl (C=O) groups is 1. The minimum absolute atomic E-state index is 0.0810.